The minimum atomic E-state index is -0.120. The second-order valence-corrected chi connectivity index (χ2v) is 7.88. The number of benzene rings is 1. The smallest absolute Gasteiger partial charge is 0.133 e. The number of aliphatic hydroxyl groups excluding tert-OH is 1. The fourth-order valence-electron chi connectivity index (χ4n) is 4.25. The predicted octanol–water partition coefficient (Wildman–Crippen LogP) is 3.23. The molecule has 1 aliphatic carbocycles. The fraction of sp³-hybridized carbons (Fsp3) is 0.545. The van der Waals surface area contributed by atoms with Crippen LogP contribution in [-0.2, 0) is 25.9 Å². The summed E-state index contributed by atoms with van der Waals surface area (Å²) in [5, 5.41) is 13.3. The molecule has 0 radical (unpaired) electrons. The molecule has 1 fully saturated rings. The summed E-state index contributed by atoms with van der Waals surface area (Å²) in [6, 6.07) is 8.67. The minimum Gasteiger partial charge on any atom is -0.393 e. The zero-order valence-corrected chi connectivity index (χ0v) is 16.2. The molecule has 0 bridgehead atoms. The molecule has 0 saturated carbocycles. The van der Waals surface area contributed by atoms with Gasteiger partial charge in [-0.3, -0.25) is 4.90 Å². The van der Waals surface area contributed by atoms with Gasteiger partial charge in [0.25, 0.3) is 0 Å². The molecule has 2 N–H and O–H groups in total. The molecule has 2 aliphatic rings. The summed E-state index contributed by atoms with van der Waals surface area (Å²) in [5.41, 5.74) is 5.23. The molecular weight excluding hydrogens is 336 g/mol. The van der Waals surface area contributed by atoms with E-state index in [1.54, 1.807) is 0 Å². The maximum atomic E-state index is 9.73. The number of hydrogen-bond donors (Lipinski definition) is 2. The summed E-state index contributed by atoms with van der Waals surface area (Å²) in [4.78, 5) is 11.8. The monoisotopic (exact) mass is 366 g/mol. The maximum Gasteiger partial charge on any atom is 0.133 e. The number of piperidine rings is 1. The highest BCUT2D eigenvalue weighted by Crippen LogP contribution is 2.26. The molecule has 1 aromatic carbocycles. The van der Waals surface area contributed by atoms with Crippen LogP contribution in [0.25, 0.3) is 0 Å². The number of nitrogens with zero attached hydrogens (tertiary/aromatic N) is 3. The molecule has 0 unspecified atom stereocenters. The van der Waals surface area contributed by atoms with Crippen molar-refractivity contribution in [2.45, 2.75) is 64.6 Å². The Morgan fingerprint density at radius 1 is 1.07 bits per heavy atom. The zero-order chi connectivity index (χ0) is 18.6. The van der Waals surface area contributed by atoms with Gasteiger partial charge in [-0.15, -0.1) is 0 Å². The van der Waals surface area contributed by atoms with E-state index in [1.807, 2.05) is 6.92 Å². The highest BCUT2D eigenvalue weighted by molar-refractivity contribution is 5.48. The Balaban J connectivity index is 1.47. The summed E-state index contributed by atoms with van der Waals surface area (Å²) in [5.74, 6) is 1.88. The van der Waals surface area contributed by atoms with Gasteiger partial charge in [0, 0.05) is 37.4 Å². The number of likely N-dealkylation sites (tertiary alicyclic amines) is 1. The third-order valence-corrected chi connectivity index (χ3v) is 5.81. The lowest BCUT2D eigenvalue weighted by atomic mass is 9.96. The van der Waals surface area contributed by atoms with Crippen molar-refractivity contribution in [2.75, 3.05) is 18.4 Å². The van der Waals surface area contributed by atoms with Gasteiger partial charge in [-0.2, -0.15) is 0 Å². The van der Waals surface area contributed by atoms with E-state index in [0.29, 0.717) is 0 Å². The highest BCUT2D eigenvalue weighted by atomic mass is 16.3. The van der Waals surface area contributed by atoms with Crippen molar-refractivity contribution in [3.8, 4) is 0 Å². The standard InChI is InChI=1S/C22H30N4O/c1-16-24-21-9-5-4-8-20(21)22(25-16)23-14-17-6-2-3-7-18(17)15-26-12-10-19(27)11-13-26/h2-3,6-7,19,27H,4-5,8-15H2,1H3,(H,23,24,25). The zero-order valence-electron chi connectivity index (χ0n) is 16.2. The van der Waals surface area contributed by atoms with Gasteiger partial charge in [-0.25, -0.2) is 9.97 Å². The van der Waals surface area contributed by atoms with Crippen molar-refractivity contribution < 1.29 is 5.11 Å². The van der Waals surface area contributed by atoms with Crippen LogP contribution in [0.15, 0.2) is 24.3 Å². The molecule has 1 saturated heterocycles. The maximum absolute atomic E-state index is 9.73. The highest BCUT2D eigenvalue weighted by Gasteiger charge is 2.19. The predicted molar refractivity (Wildman–Crippen MR) is 108 cm³/mol. The van der Waals surface area contributed by atoms with E-state index < -0.39 is 0 Å². The number of aliphatic hydroxyl groups is 1. The Morgan fingerprint density at radius 3 is 2.63 bits per heavy atom. The van der Waals surface area contributed by atoms with Crippen molar-refractivity contribution in [2.24, 2.45) is 0 Å². The van der Waals surface area contributed by atoms with Crippen LogP contribution < -0.4 is 5.32 Å². The Hall–Kier alpha value is -1.98. The Morgan fingerprint density at radius 2 is 1.81 bits per heavy atom. The third kappa shape index (κ3) is 4.47. The van der Waals surface area contributed by atoms with Crippen LogP contribution in [0, 0.1) is 6.92 Å². The second-order valence-electron chi connectivity index (χ2n) is 7.88. The number of aryl methyl sites for hydroxylation is 2. The molecule has 27 heavy (non-hydrogen) atoms. The summed E-state index contributed by atoms with van der Waals surface area (Å²) in [6.07, 6.45) is 6.26. The lowest BCUT2D eigenvalue weighted by Gasteiger charge is -2.30. The number of anilines is 1. The molecule has 1 aromatic heterocycles. The Bertz CT molecular complexity index is 784. The van der Waals surface area contributed by atoms with Gasteiger partial charge in [0.05, 0.1) is 6.10 Å². The van der Waals surface area contributed by atoms with Gasteiger partial charge in [0.1, 0.15) is 11.6 Å². The van der Waals surface area contributed by atoms with Gasteiger partial charge in [0.2, 0.25) is 0 Å². The van der Waals surface area contributed by atoms with Crippen LogP contribution in [0.2, 0.25) is 0 Å². The van der Waals surface area contributed by atoms with E-state index in [2.05, 4.69) is 39.5 Å². The first-order chi connectivity index (χ1) is 13.2. The number of hydrogen-bond acceptors (Lipinski definition) is 5. The summed E-state index contributed by atoms with van der Waals surface area (Å²) >= 11 is 0. The van der Waals surface area contributed by atoms with Gasteiger partial charge in [-0.05, 0) is 56.6 Å². The first-order valence-corrected chi connectivity index (χ1v) is 10.3. The van der Waals surface area contributed by atoms with E-state index in [4.69, 9.17) is 4.98 Å². The van der Waals surface area contributed by atoms with E-state index >= 15 is 0 Å². The SMILES string of the molecule is Cc1nc2c(c(NCc3ccccc3CN3CCC(O)CC3)n1)CCCC2. The average Bonchev–Trinajstić information content (AvgIpc) is 2.68. The van der Waals surface area contributed by atoms with Gasteiger partial charge in [-0.1, -0.05) is 24.3 Å². The second kappa shape index (κ2) is 8.36. The first kappa shape index (κ1) is 18.4. The quantitative estimate of drug-likeness (QED) is 0.851. The fourth-order valence-corrected chi connectivity index (χ4v) is 4.25. The van der Waals surface area contributed by atoms with Crippen LogP contribution in [0.1, 0.15) is 53.9 Å². The summed E-state index contributed by atoms with van der Waals surface area (Å²) in [6.45, 7) is 5.67. The molecule has 0 amide bonds. The number of aromatic nitrogens is 2. The molecule has 2 aromatic rings. The van der Waals surface area contributed by atoms with Crippen molar-refractivity contribution in [1.82, 2.24) is 14.9 Å². The van der Waals surface area contributed by atoms with Crippen LogP contribution in [0.3, 0.4) is 0 Å². The van der Waals surface area contributed by atoms with E-state index in [0.717, 1.165) is 63.5 Å². The number of rotatable bonds is 5. The molecule has 5 heteroatoms. The largest absolute Gasteiger partial charge is 0.393 e. The molecule has 5 nitrogen and oxygen atoms in total. The van der Waals surface area contributed by atoms with Crippen molar-refractivity contribution >= 4 is 5.82 Å². The molecule has 4 rings (SSSR count). The third-order valence-electron chi connectivity index (χ3n) is 5.81. The van der Waals surface area contributed by atoms with Crippen LogP contribution in [0.5, 0.6) is 0 Å². The molecule has 144 valence electrons. The topological polar surface area (TPSA) is 61.3 Å². The Kier molecular flexibility index (Phi) is 5.69. The van der Waals surface area contributed by atoms with Crippen LogP contribution in [-0.4, -0.2) is 39.2 Å². The molecule has 0 atom stereocenters. The van der Waals surface area contributed by atoms with E-state index in [-0.39, 0.29) is 6.10 Å². The minimum absolute atomic E-state index is 0.120. The molecular formula is C22H30N4O. The summed E-state index contributed by atoms with van der Waals surface area (Å²) in [7, 11) is 0. The Labute approximate surface area is 161 Å². The normalized spacial score (nSPS) is 18.3. The van der Waals surface area contributed by atoms with Crippen molar-refractivity contribution in [3.05, 3.63) is 52.5 Å². The van der Waals surface area contributed by atoms with Crippen LogP contribution in [0.4, 0.5) is 5.82 Å². The van der Waals surface area contributed by atoms with Crippen LogP contribution >= 0.6 is 0 Å². The molecule has 2 heterocycles. The van der Waals surface area contributed by atoms with E-state index in [1.165, 1.54) is 35.2 Å². The summed E-state index contributed by atoms with van der Waals surface area (Å²) < 4.78 is 0. The molecule has 1 aliphatic heterocycles. The van der Waals surface area contributed by atoms with E-state index in [9.17, 15) is 5.11 Å². The van der Waals surface area contributed by atoms with Gasteiger partial charge in [0.15, 0.2) is 0 Å². The molecule has 0 spiro atoms. The lowest BCUT2D eigenvalue weighted by Crippen LogP contribution is -2.35. The first-order valence-electron chi connectivity index (χ1n) is 10.3. The number of fused-ring (bicyclic) bond motifs is 1. The van der Waals surface area contributed by atoms with Crippen molar-refractivity contribution in [3.63, 3.8) is 0 Å². The number of nitrogens with one attached hydrogen (secondary N) is 1. The van der Waals surface area contributed by atoms with Crippen molar-refractivity contribution in [1.29, 1.82) is 0 Å². The average molecular weight is 367 g/mol. The van der Waals surface area contributed by atoms with Gasteiger partial charge >= 0.3 is 0 Å². The van der Waals surface area contributed by atoms with Gasteiger partial charge < -0.3 is 10.4 Å². The lowest BCUT2D eigenvalue weighted by molar-refractivity contribution is 0.0791.